The Kier molecular flexibility index (Phi) is 3.32. The fourth-order valence-electron chi connectivity index (χ4n) is 1.69. The van der Waals surface area contributed by atoms with E-state index in [0.717, 1.165) is 6.42 Å². The van der Waals surface area contributed by atoms with Gasteiger partial charge in [0.15, 0.2) is 0 Å². The first-order valence-electron chi connectivity index (χ1n) is 5.15. The third kappa shape index (κ3) is 2.14. The van der Waals surface area contributed by atoms with Gasteiger partial charge in [0.1, 0.15) is 5.82 Å². The second kappa shape index (κ2) is 4.57. The SMILES string of the molecule is CCC1CNc2cc(F)c(I)cc2NC1=O. The van der Waals surface area contributed by atoms with Gasteiger partial charge in [0, 0.05) is 12.6 Å². The molecule has 1 aromatic carbocycles. The van der Waals surface area contributed by atoms with Gasteiger partial charge in [-0.1, -0.05) is 6.92 Å². The van der Waals surface area contributed by atoms with Crippen LogP contribution in [0.1, 0.15) is 13.3 Å². The maximum Gasteiger partial charge on any atom is 0.229 e. The van der Waals surface area contributed by atoms with Gasteiger partial charge in [-0.2, -0.15) is 0 Å². The smallest absolute Gasteiger partial charge is 0.229 e. The van der Waals surface area contributed by atoms with E-state index >= 15 is 0 Å². The lowest BCUT2D eigenvalue weighted by molar-refractivity contribution is -0.119. The molecule has 86 valence electrons. The van der Waals surface area contributed by atoms with Crippen LogP contribution in [0.15, 0.2) is 12.1 Å². The first-order valence-corrected chi connectivity index (χ1v) is 6.23. The molecule has 0 radical (unpaired) electrons. The fourth-order valence-corrected chi connectivity index (χ4v) is 2.15. The van der Waals surface area contributed by atoms with Crippen molar-refractivity contribution in [1.29, 1.82) is 0 Å². The largest absolute Gasteiger partial charge is 0.382 e. The number of rotatable bonds is 1. The van der Waals surface area contributed by atoms with Crippen molar-refractivity contribution in [2.75, 3.05) is 17.2 Å². The molecule has 2 N–H and O–H groups in total. The summed E-state index contributed by atoms with van der Waals surface area (Å²) in [6, 6.07) is 3.07. The van der Waals surface area contributed by atoms with Gasteiger partial charge in [-0.15, -0.1) is 0 Å². The van der Waals surface area contributed by atoms with E-state index in [1.807, 2.05) is 29.5 Å². The number of hydrogen-bond donors (Lipinski definition) is 2. The summed E-state index contributed by atoms with van der Waals surface area (Å²) in [7, 11) is 0. The van der Waals surface area contributed by atoms with Crippen LogP contribution in [-0.2, 0) is 4.79 Å². The Balaban J connectivity index is 2.37. The van der Waals surface area contributed by atoms with Gasteiger partial charge in [0.05, 0.1) is 20.9 Å². The molecule has 1 unspecified atom stereocenters. The van der Waals surface area contributed by atoms with Crippen molar-refractivity contribution in [2.45, 2.75) is 13.3 Å². The maximum absolute atomic E-state index is 13.4. The number of nitrogens with one attached hydrogen (secondary N) is 2. The number of halogens is 2. The van der Waals surface area contributed by atoms with Gasteiger partial charge in [0.25, 0.3) is 0 Å². The third-order valence-electron chi connectivity index (χ3n) is 2.72. The number of anilines is 2. The molecular weight excluding hydrogens is 322 g/mol. The molecule has 0 spiro atoms. The van der Waals surface area contributed by atoms with Gasteiger partial charge in [-0.05, 0) is 35.1 Å². The van der Waals surface area contributed by atoms with E-state index in [1.165, 1.54) is 6.07 Å². The van der Waals surface area contributed by atoms with E-state index in [0.29, 0.717) is 21.5 Å². The molecule has 5 heteroatoms. The zero-order chi connectivity index (χ0) is 11.7. The van der Waals surface area contributed by atoms with Crippen molar-refractivity contribution in [3.8, 4) is 0 Å². The van der Waals surface area contributed by atoms with Crippen LogP contribution in [0.3, 0.4) is 0 Å². The molecule has 0 bridgehead atoms. The van der Waals surface area contributed by atoms with Gasteiger partial charge in [-0.25, -0.2) is 4.39 Å². The summed E-state index contributed by atoms with van der Waals surface area (Å²) in [4.78, 5) is 11.8. The summed E-state index contributed by atoms with van der Waals surface area (Å²) in [5.41, 5.74) is 1.31. The molecule has 3 nitrogen and oxygen atoms in total. The molecular formula is C11H12FIN2O. The van der Waals surface area contributed by atoms with Crippen LogP contribution in [0.2, 0.25) is 0 Å². The molecule has 1 heterocycles. The average molecular weight is 334 g/mol. The van der Waals surface area contributed by atoms with Crippen LogP contribution in [0.25, 0.3) is 0 Å². The minimum Gasteiger partial charge on any atom is -0.382 e. The highest BCUT2D eigenvalue weighted by Crippen LogP contribution is 2.29. The molecule has 1 aliphatic rings. The molecule has 0 saturated carbocycles. The zero-order valence-corrected chi connectivity index (χ0v) is 11.0. The van der Waals surface area contributed by atoms with Crippen LogP contribution in [0, 0.1) is 15.3 Å². The van der Waals surface area contributed by atoms with Crippen molar-refractivity contribution in [2.24, 2.45) is 5.92 Å². The lowest BCUT2D eigenvalue weighted by Crippen LogP contribution is -2.24. The first kappa shape index (κ1) is 11.6. The minimum absolute atomic E-state index is 0.00356. The molecule has 0 aromatic heterocycles. The average Bonchev–Trinajstić information content (AvgIpc) is 2.38. The Morgan fingerprint density at radius 2 is 2.25 bits per heavy atom. The highest BCUT2D eigenvalue weighted by Gasteiger charge is 2.22. The number of fused-ring (bicyclic) bond motifs is 1. The quantitative estimate of drug-likeness (QED) is 0.776. The van der Waals surface area contributed by atoms with Gasteiger partial charge < -0.3 is 10.6 Å². The number of carbonyl (C=O) groups excluding carboxylic acids is 1. The molecule has 0 aliphatic carbocycles. The number of hydrogen-bond acceptors (Lipinski definition) is 2. The third-order valence-corrected chi connectivity index (χ3v) is 3.55. The first-order chi connectivity index (χ1) is 7.61. The van der Waals surface area contributed by atoms with Crippen molar-refractivity contribution in [1.82, 2.24) is 0 Å². The van der Waals surface area contributed by atoms with E-state index in [2.05, 4.69) is 10.6 Å². The summed E-state index contributed by atoms with van der Waals surface area (Å²) in [6.07, 6.45) is 0.770. The predicted molar refractivity (Wildman–Crippen MR) is 70.0 cm³/mol. The monoisotopic (exact) mass is 334 g/mol. The normalized spacial score (nSPS) is 19.4. The van der Waals surface area contributed by atoms with Crippen LogP contribution in [0.5, 0.6) is 0 Å². The van der Waals surface area contributed by atoms with Crippen LogP contribution < -0.4 is 10.6 Å². The molecule has 16 heavy (non-hydrogen) atoms. The Morgan fingerprint density at radius 1 is 1.50 bits per heavy atom. The van der Waals surface area contributed by atoms with Gasteiger partial charge in [-0.3, -0.25) is 4.79 Å². The van der Waals surface area contributed by atoms with Crippen LogP contribution in [-0.4, -0.2) is 12.5 Å². The topological polar surface area (TPSA) is 41.1 Å². The Hall–Kier alpha value is -0.850. The summed E-state index contributed by atoms with van der Waals surface area (Å²) >= 11 is 1.91. The number of benzene rings is 1. The zero-order valence-electron chi connectivity index (χ0n) is 8.81. The van der Waals surface area contributed by atoms with E-state index in [1.54, 1.807) is 6.07 Å². The summed E-state index contributed by atoms with van der Waals surface area (Å²) in [5, 5.41) is 5.92. The molecule has 0 fully saturated rings. The molecule has 1 amide bonds. The standard InChI is InChI=1S/C11H12FIN2O/c1-2-6-5-14-9-3-7(12)8(13)4-10(9)15-11(6)16/h3-4,6,14H,2,5H2,1H3,(H,15,16). The molecule has 0 saturated heterocycles. The summed E-state index contributed by atoms with van der Waals surface area (Å²) < 4.78 is 13.9. The fraction of sp³-hybridized carbons (Fsp3) is 0.364. The van der Waals surface area contributed by atoms with Crippen molar-refractivity contribution in [3.05, 3.63) is 21.5 Å². The molecule has 1 aromatic rings. The minimum atomic E-state index is -0.268. The second-order valence-corrected chi connectivity index (χ2v) is 4.95. The summed E-state index contributed by atoms with van der Waals surface area (Å²) in [5.74, 6) is -0.333. The van der Waals surface area contributed by atoms with Crippen LogP contribution in [0.4, 0.5) is 15.8 Å². The highest BCUT2D eigenvalue weighted by atomic mass is 127. The predicted octanol–water partition coefficient (Wildman–Crippen LogP) is 2.82. The van der Waals surface area contributed by atoms with Gasteiger partial charge in [0.2, 0.25) is 5.91 Å². The Labute approximate surface area is 107 Å². The van der Waals surface area contributed by atoms with Crippen molar-refractivity contribution in [3.63, 3.8) is 0 Å². The van der Waals surface area contributed by atoms with Crippen molar-refractivity contribution >= 4 is 39.9 Å². The summed E-state index contributed by atoms with van der Waals surface area (Å²) in [6.45, 7) is 2.52. The van der Waals surface area contributed by atoms with E-state index in [9.17, 15) is 9.18 Å². The van der Waals surface area contributed by atoms with Crippen molar-refractivity contribution < 1.29 is 9.18 Å². The van der Waals surface area contributed by atoms with E-state index in [-0.39, 0.29) is 17.6 Å². The number of amides is 1. The Bertz CT molecular complexity index is 436. The van der Waals surface area contributed by atoms with Gasteiger partial charge >= 0.3 is 0 Å². The van der Waals surface area contributed by atoms with E-state index in [4.69, 9.17) is 0 Å². The van der Waals surface area contributed by atoms with E-state index < -0.39 is 0 Å². The maximum atomic E-state index is 13.4. The van der Waals surface area contributed by atoms with Crippen LogP contribution >= 0.6 is 22.6 Å². The number of carbonyl (C=O) groups is 1. The molecule has 1 atom stereocenters. The molecule has 1 aliphatic heterocycles. The molecule has 2 rings (SSSR count). The Morgan fingerprint density at radius 3 is 2.94 bits per heavy atom. The lowest BCUT2D eigenvalue weighted by Gasteiger charge is -2.09. The second-order valence-electron chi connectivity index (χ2n) is 3.79. The highest BCUT2D eigenvalue weighted by molar-refractivity contribution is 14.1. The lowest BCUT2D eigenvalue weighted by atomic mass is 10.1.